The van der Waals surface area contributed by atoms with E-state index in [1.807, 2.05) is 12.3 Å². The van der Waals surface area contributed by atoms with Crippen molar-refractivity contribution in [1.82, 2.24) is 14.3 Å². The minimum absolute atomic E-state index is 0.273. The summed E-state index contributed by atoms with van der Waals surface area (Å²) < 4.78 is 4.39. The van der Waals surface area contributed by atoms with E-state index in [9.17, 15) is 0 Å². The standard InChI is InChI=1S/C16H19N3/c1-2-3-9-16(19-12-6-11-17-19)18-13-10-14-7-4-5-8-15(14)18/h4-8,10-13,16H,2-3,9H2,1H3. The van der Waals surface area contributed by atoms with Crippen LogP contribution in [0.5, 0.6) is 0 Å². The van der Waals surface area contributed by atoms with Crippen LogP contribution in [0.2, 0.25) is 0 Å². The Bertz CT molecular complexity index is 637. The van der Waals surface area contributed by atoms with Crippen molar-refractivity contribution in [2.45, 2.75) is 32.4 Å². The molecule has 19 heavy (non-hydrogen) atoms. The first-order valence-electron chi connectivity index (χ1n) is 6.95. The lowest BCUT2D eigenvalue weighted by atomic mass is 10.2. The third kappa shape index (κ3) is 2.28. The summed E-state index contributed by atoms with van der Waals surface area (Å²) >= 11 is 0. The van der Waals surface area contributed by atoms with Gasteiger partial charge in [0.25, 0.3) is 0 Å². The normalized spacial score (nSPS) is 12.9. The van der Waals surface area contributed by atoms with E-state index in [4.69, 9.17) is 0 Å². The van der Waals surface area contributed by atoms with E-state index in [-0.39, 0.29) is 6.17 Å². The van der Waals surface area contributed by atoms with Gasteiger partial charge in [0.15, 0.2) is 0 Å². The van der Waals surface area contributed by atoms with Gasteiger partial charge in [-0.3, -0.25) is 0 Å². The summed E-state index contributed by atoms with van der Waals surface area (Å²) in [5.41, 5.74) is 1.28. The Morgan fingerprint density at radius 3 is 2.79 bits per heavy atom. The zero-order chi connectivity index (χ0) is 13.1. The highest BCUT2D eigenvalue weighted by Gasteiger charge is 2.14. The molecule has 0 aliphatic carbocycles. The maximum Gasteiger partial charge on any atom is 0.126 e. The van der Waals surface area contributed by atoms with E-state index in [0.717, 1.165) is 6.42 Å². The van der Waals surface area contributed by atoms with Gasteiger partial charge in [-0.05, 0) is 36.4 Å². The SMILES string of the molecule is CCCCC(n1cccn1)n1ccc2ccccc21. The summed E-state index contributed by atoms with van der Waals surface area (Å²) in [5.74, 6) is 0. The Morgan fingerprint density at radius 1 is 1.11 bits per heavy atom. The molecule has 3 rings (SSSR count). The van der Waals surface area contributed by atoms with Crippen molar-refractivity contribution >= 4 is 10.9 Å². The number of fused-ring (bicyclic) bond motifs is 1. The Balaban J connectivity index is 2.03. The predicted octanol–water partition coefficient (Wildman–Crippen LogP) is 4.07. The number of para-hydroxylation sites is 1. The minimum atomic E-state index is 0.273. The average molecular weight is 253 g/mol. The molecular weight excluding hydrogens is 234 g/mol. The summed E-state index contributed by atoms with van der Waals surface area (Å²) in [6.07, 6.45) is 9.87. The van der Waals surface area contributed by atoms with E-state index in [2.05, 4.69) is 64.0 Å². The van der Waals surface area contributed by atoms with Gasteiger partial charge in [0.2, 0.25) is 0 Å². The van der Waals surface area contributed by atoms with Crippen molar-refractivity contribution in [1.29, 1.82) is 0 Å². The zero-order valence-electron chi connectivity index (χ0n) is 11.2. The fourth-order valence-corrected chi connectivity index (χ4v) is 2.61. The number of benzene rings is 1. The largest absolute Gasteiger partial charge is 0.325 e. The van der Waals surface area contributed by atoms with Gasteiger partial charge in [-0.25, -0.2) is 4.68 Å². The molecule has 3 aromatic rings. The van der Waals surface area contributed by atoms with Crippen molar-refractivity contribution in [3.63, 3.8) is 0 Å². The van der Waals surface area contributed by atoms with Crippen LogP contribution in [0.4, 0.5) is 0 Å². The lowest BCUT2D eigenvalue weighted by Gasteiger charge is -2.20. The number of unbranched alkanes of at least 4 members (excludes halogenated alkanes) is 1. The molecule has 1 unspecified atom stereocenters. The number of nitrogens with zero attached hydrogens (tertiary/aromatic N) is 3. The maximum absolute atomic E-state index is 4.43. The van der Waals surface area contributed by atoms with Crippen LogP contribution in [0, 0.1) is 0 Å². The van der Waals surface area contributed by atoms with Crippen molar-refractivity contribution < 1.29 is 0 Å². The highest BCUT2D eigenvalue weighted by atomic mass is 15.4. The van der Waals surface area contributed by atoms with Gasteiger partial charge < -0.3 is 4.57 Å². The molecule has 0 amide bonds. The first-order valence-corrected chi connectivity index (χ1v) is 6.95. The summed E-state index contributed by atoms with van der Waals surface area (Å²) in [6.45, 7) is 2.23. The van der Waals surface area contributed by atoms with Crippen LogP contribution in [0.3, 0.4) is 0 Å². The second-order valence-electron chi connectivity index (χ2n) is 4.89. The van der Waals surface area contributed by atoms with Crippen molar-refractivity contribution in [3.05, 3.63) is 55.0 Å². The van der Waals surface area contributed by atoms with Crippen LogP contribution in [0.1, 0.15) is 32.4 Å². The average Bonchev–Trinajstić information content (AvgIpc) is 3.09. The van der Waals surface area contributed by atoms with Gasteiger partial charge in [-0.15, -0.1) is 0 Å². The Kier molecular flexibility index (Phi) is 3.36. The van der Waals surface area contributed by atoms with Crippen LogP contribution in [0.25, 0.3) is 10.9 Å². The number of rotatable bonds is 5. The van der Waals surface area contributed by atoms with E-state index < -0.39 is 0 Å². The molecule has 0 bridgehead atoms. The molecule has 98 valence electrons. The topological polar surface area (TPSA) is 22.8 Å². The third-order valence-electron chi connectivity index (χ3n) is 3.60. The van der Waals surface area contributed by atoms with E-state index >= 15 is 0 Å². The molecule has 0 fully saturated rings. The summed E-state index contributed by atoms with van der Waals surface area (Å²) in [7, 11) is 0. The monoisotopic (exact) mass is 253 g/mol. The first kappa shape index (κ1) is 12.0. The summed E-state index contributed by atoms with van der Waals surface area (Å²) in [6, 6.07) is 12.7. The number of hydrogen-bond donors (Lipinski definition) is 0. The second-order valence-corrected chi connectivity index (χ2v) is 4.89. The molecule has 0 aliphatic rings. The molecule has 1 aromatic carbocycles. The number of hydrogen-bond acceptors (Lipinski definition) is 1. The fraction of sp³-hybridized carbons (Fsp3) is 0.312. The molecule has 1 atom stereocenters. The molecule has 0 N–H and O–H groups in total. The smallest absolute Gasteiger partial charge is 0.126 e. The minimum Gasteiger partial charge on any atom is -0.325 e. The Morgan fingerprint density at radius 2 is 2.00 bits per heavy atom. The molecule has 0 spiro atoms. The summed E-state index contributed by atoms with van der Waals surface area (Å²) in [4.78, 5) is 0. The van der Waals surface area contributed by atoms with Gasteiger partial charge in [0.1, 0.15) is 6.17 Å². The molecule has 2 aromatic heterocycles. The number of aromatic nitrogens is 3. The van der Waals surface area contributed by atoms with Crippen molar-refractivity contribution in [3.8, 4) is 0 Å². The maximum atomic E-state index is 4.43. The first-order chi connectivity index (χ1) is 9.40. The van der Waals surface area contributed by atoms with Gasteiger partial charge in [-0.2, -0.15) is 5.10 Å². The molecule has 0 radical (unpaired) electrons. The van der Waals surface area contributed by atoms with Crippen LogP contribution >= 0.6 is 0 Å². The molecule has 3 nitrogen and oxygen atoms in total. The second kappa shape index (κ2) is 5.31. The van der Waals surface area contributed by atoms with Crippen LogP contribution in [-0.2, 0) is 0 Å². The molecule has 0 saturated heterocycles. The molecule has 0 aliphatic heterocycles. The Labute approximate surface area is 113 Å². The predicted molar refractivity (Wildman–Crippen MR) is 78.1 cm³/mol. The quantitative estimate of drug-likeness (QED) is 0.672. The molecule has 2 heterocycles. The third-order valence-corrected chi connectivity index (χ3v) is 3.60. The van der Waals surface area contributed by atoms with Gasteiger partial charge >= 0.3 is 0 Å². The lowest BCUT2D eigenvalue weighted by Crippen LogP contribution is -2.17. The van der Waals surface area contributed by atoms with E-state index in [1.165, 1.54) is 23.7 Å². The van der Waals surface area contributed by atoms with E-state index in [0.29, 0.717) is 0 Å². The van der Waals surface area contributed by atoms with Crippen molar-refractivity contribution in [2.75, 3.05) is 0 Å². The van der Waals surface area contributed by atoms with E-state index in [1.54, 1.807) is 0 Å². The summed E-state index contributed by atoms with van der Waals surface area (Å²) in [5, 5.41) is 5.72. The molecule has 3 heteroatoms. The Hall–Kier alpha value is -2.03. The van der Waals surface area contributed by atoms with Gasteiger partial charge in [0, 0.05) is 24.1 Å². The highest BCUT2D eigenvalue weighted by Crippen LogP contribution is 2.24. The zero-order valence-corrected chi connectivity index (χ0v) is 11.2. The van der Waals surface area contributed by atoms with Crippen LogP contribution in [0.15, 0.2) is 55.0 Å². The van der Waals surface area contributed by atoms with Crippen LogP contribution < -0.4 is 0 Å². The lowest BCUT2D eigenvalue weighted by molar-refractivity contribution is 0.367. The van der Waals surface area contributed by atoms with Gasteiger partial charge in [0.05, 0.1) is 0 Å². The fourth-order valence-electron chi connectivity index (χ4n) is 2.61. The van der Waals surface area contributed by atoms with Crippen LogP contribution in [-0.4, -0.2) is 14.3 Å². The molecule has 0 saturated carbocycles. The van der Waals surface area contributed by atoms with Crippen molar-refractivity contribution in [2.24, 2.45) is 0 Å². The van der Waals surface area contributed by atoms with Gasteiger partial charge in [-0.1, -0.05) is 31.5 Å². The molecular formula is C16H19N3. The highest BCUT2D eigenvalue weighted by molar-refractivity contribution is 5.80.